The molecule has 0 aliphatic heterocycles. The van der Waals surface area contributed by atoms with Gasteiger partial charge >= 0.3 is 0 Å². The Labute approximate surface area is 146 Å². The van der Waals surface area contributed by atoms with Crippen molar-refractivity contribution in [3.8, 4) is 16.9 Å². The largest absolute Gasteiger partial charge is 0.496 e. The Morgan fingerprint density at radius 3 is 2.75 bits per heavy atom. The van der Waals surface area contributed by atoms with Crippen molar-refractivity contribution >= 4 is 11.6 Å². The third kappa shape index (κ3) is 3.96. The molecule has 4 nitrogen and oxygen atoms in total. The maximum atomic E-state index is 6.16. The summed E-state index contributed by atoms with van der Waals surface area (Å²) in [4.78, 5) is 0. The quantitative estimate of drug-likeness (QED) is 0.649. The molecule has 1 aromatic heterocycles. The number of hydrogen-bond donors (Lipinski definition) is 1. The van der Waals surface area contributed by atoms with Crippen molar-refractivity contribution in [1.29, 1.82) is 0 Å². The summed E-state index contributed by atoms with van der Waals surface area (Å²) in [5, 5.41) is 7.95. The zero-order valence-electron chi connectivity index (χ0n) is 13.5. The number of aromatic nitrogens is 1. The van der Waals surface area contributed by atoms with Crippen molar-refractivity contribution < 1.29 is 9.26 Å². The molecule has 0 saturated heterocycles. The molecule has 0 aliphatic carbocycles. The molecule has 0 bridgehead atoms. The molecule has 124 valence electrons. The molecular formula is C19H19ClN2O2. The fraction of sp³-hybridized carbons (Fsp3) is 0.211. The second-order valence-electron chi connectivity index (χ2n) is 5.46. The van der Waals surface area contributed by atoms with Crippen LogP contribution in [0.3, 0.4) is 0 Å². The normalized spacial score (nSPS) is 10.8. The van der Waals surface area contributed by atoms with E-state index in [1.54, 1.807) is 19.6 Å². The minimum Gasteiger partial charge on any atom is -0.496 e. The Kier molecular flexibility index (Phi) is 5.51. The highest BCUT2D eigenvalue weighted by molar-refractivity contribution is 6.31. The van der Waals surface area contributed by atoms with Gasteiger partial charge in [-0.2, -0.15) is 0 Å². The number of nitrogens with one attached hydrogen (secondary N) is 1. The van der Waals surface area contributed by atoms with Crippen LogP contribution in [0.2, 0.25) is 5.02 Å². The molecule has 3 rings (SSSR count). The lowest BCUT2D eigenvalue weighted by Crippen LogP contribution is -2.17. The van der Waals surface area contributed by atoms with Crippen LogP contribution in [0.4, 0.5) is 0 Å². The van der Waals surface area contributed by atoms with Crippen LogP contribution < -0.4 is 10.1 Å². The predicted octanol–water partition coefficient (Wildman–Crippen LogP) is 4.34. The molecule has 5 heteroatoms. The lowest BCUT2D eigenvalue weighted by Gasteiger charge is -2.11. The molecule has 0 aliphatic rings. The van der Waals surface area contributed by atoms with Crippen LogP contribution in [0.15, 0.2) is 59.4 Å². The highest BCUT2D eigenvalue weighted by Gasteiger charge is 2.07. The first-order valence-corrected chi connectivity index (χ1v) is 8.16. The first-order valence-electron chi connectivity index (χ1n) is 7.78. The van der Waals surface area contributed by atoms with Crippen molar-refractivity contribution in [3.63, 3.8) is 0 Å². The van der Waals surface area contributed by atoms with Crippen molar-refractivity contribution in [2.75, 3.05) is 13.7 Å². The van der Waals surface area contributed by atoms with Gasteiger partial charge in [-0.3, -0.25) is 0 Å². The average molecular weight is 343 g/mol. The van der Waals surface area contributed by atoms with E-state index in [1.165, 1.54) is 0 Å². The van der Waals surface area contributed by atoms with Crippen LogP contribution in [-0.4, -0.2) is 18.8 Å². The van der Waals surface area contributed by atoms with Crippen molar-refractivity contribution in [2.24, 2.45) is 0 Å². The summed E-state index contributed by atoms with van der Waals surface area (Å²) in [5.41, 5.74) is 4.23. The number of nitrogens with zero attached hydrogens (tertiary/aromatic N) is 1. The van der Waals surface area contributed by atoms with E-state index >= 15 is 0 Å². The van der Waals surface area contributed by atoms with Crippen molar-refractivity contribution in [3.05, 3.63) is 71.1 Å². The SMILES string of the molecule is COc1cc(-c2cnoc2)ccc1CCNCc1ccccc1Cl. The van der Waals surface area contributed by atoms with Gasteiger partial charge < -0.3 is 14.6 Å². The molecule has 1 heterocycles. The number of hydrogen-bond acceptors (Lipinski definition) is 4. The van der Waals surface area contributed by atoms with Gasteiger partial charge in [0, 0.05) is 17.1 Å². The topological polar surface area (TPSA) is 47.3 Å². The maximum Gasteiger partial charge on any atom is 0.131 e. The van der Waals surface area contributed by atoms with E-state index in [1.807, 2.05) is 30.3 Å². The Balaban J connectivity index is 1.60. The van der Waals surface area contributed by atoms with Crippen LogP contribution in [-0.2, 0) is 13.0 Å². The smallest absolute Gasteiger partial charge is 0.131 e. The lowest BCUT2D eigenvalue weighted by atomic mass is 10.0. The standard InChI is InChI=1S/C19H19ClN2O2/c1-23-19-10-15(17-12-22-24-13-17)7-6-14(19)8-9-21-11-16-4-2-3-5-18(16)20/h2-7,10,12-13,21H,8-9,11H2,1H3. The summed E-state index contributed by atoms with van der Waals surface area (Å²) in [7, 11) is 1.69. The van der Waals surface area contributed by atoms with Gasteiger partial charge in [0.05, 0.1) is 13.3 Å². The summed E-state index contributed by atoms with van der Waals surface area (Å²) >= 11 is 6.16. The lowest BCUT2D eigenvalue weighted by molar-refractivity contribution is 0.409. The van der Waals surface area contributed by atoms with Crippen LogP contribution in [0.25, 0.3) is 11.1 Å². The van der Waals surface area contributed by atoms with Gasteiger partial charge in [0.15, 0.2) is 0 Å². The molecule has 24 heavy (non-hydrogen) atoms. The monoisotopic (exact) mass is 342 g/mol. The van der Waals surface area contributed by atoms with Gasteiger partial charge in [-0.15, -0.1) is 0 Å². The van der Waals surface area contributed by atoms with Gasteiger partial charge in [-0.1, -0.05) is 47.1 Å². The molecule has 0 fully saturated rings. The van der Waals surface area contributed by atoms with Gasteiger partial charge in [0.25, 0.3) is 0 Å². The first-order chi connectivity index (χ1) is 11.8. The van der Waals surface area contributed by atoms with E-state index in [0.29, 0.717) is 0 Å². The zero-order chi connectivity index (χ0) is 16.8. The van der Waals surface area contributed by atoms with Crippen LogP contribution in [0, 0.1) is 0 Å². The van der Waals surface area contributed by atoms with E-state index in [0.717, 1.165) is 52.5 Å². The average Bonchev–Trinajstić information content (AvgIpc) is 3.15. The molecule has 1 N–H and O–H groups in total. The maximum absolute atomic E-state index is 6.16. The second-order valence-corrected chi connectivity index (χ2v) is 5.87. The van der Waals surface area contributed by atoms with Gasteiger partial charge in [0.1, 0.15) is 12.0 Å². The van der Waals surface area contributed by atoms with Gasteiger partial charge in [-0.25, -0.2) is 0 Å². The number of halogens is 1. The van der Waals surface area contributed by atoms with Crippen molar-refractivity contribution in [1.82, 2.24) is 10.5 Å². The third-order valence-corrected chi connectivity index (χ3v) is 4.27. The summed E-state index contributed by atoms with van der Waals surface area (Å²) in [6, 6.07) is 14.0. The van der Waals surface area contributed by atoms with Crippen LogP contribution in [0.5, 0.6) is 5.75 Å². The molecule has 0 spiro atoms. The molecule has 0 saturated carbocycles. The summed E-state index contributed by atoms with van der Waals surface area (Å²) in [5.74, 6) is 0.869. The predicted molar refractivity (Wildman–Crippen MR) is 95.4 cm³/mol. The molecule has 2 aromatic carbocycles. The second kappa shape index (κ2) is 7.99. The first kappa shape index (κ1) is 16.6. The Bertz CT molecular complexity index is 788. The highest BCUT2D eigenvalue weighted by atomic mass is 35.5. The van der Waals surface area contributed by atoms with Crippen LogP contribution in [0.1, 0.15) is 11.1 Å². The molecule has 3 aromatic rings. The fourth-order valence-electron chi connectivity index (χ4n) is 2.57. The van der Waals surface area contributed by atoms with Gasteiger partial charge in [0.2, 0.25) is 0 Å². The molecular weight excluding hydrogens is 324 g/mol. The summed E-state index contributed by atoms with van der Waals surface area (Å²) in [6.07, 6.45) is 4.19. The van der Waals surface area contributed by atoms with E-state index in [9.17, 15) is 0 Å². The summed E-state index contributed by atoms with van der Waals surface area (Å²) in [6.45, 7) is 1.59. The van der Waals surface area contributed by atoms with E-state index in [-0.39, 0.29) is 0 Å². The van der Waals surface area contributed by atoms with Gasteiger partial charge in [-0.05, 0) is 41.8 Å². The number of methoxy groups -OCH3 is 1. The molecule has 0 radical (unpaired) electrons. The van der Waals surface area contributed by atoms with E-state index < -0.39 is 0 Å². The highest BCUT2D eigenvalue weighted by Crippen LogP contribution is 2.27. The molecule has 0 amide bonds. The van der Waals surface area contributed by atoms with E-state index in [2.05, 4.69) is 22.6 Å². The van der Waals surface area contributed by atoms with E-state index in [4.69, 9.17) is 20.9 Å². The zero-order valence-corrected chi connectivity index (χ0v) is 14.2. The Morgan fingerprint density at radius 2 is 2.00 bits per heavy atom. The summed E-state index contributed by atoms with van der Waals surface area (Å²) < 4.78 is 10.4. The molecule has 0 unspecified atom stereocenters. The Hall–Kier alpha value is -2.30. The number of ether oxygens (including phenoxy) is 1. The van der Waals surface area contributed by atoms with Crippen molar-refractivity contribution in [2.45, 2.75) is 13.0 Å². The minimum absolute atomic E-state index is 0.751. The number of benzene rings is 2. The number of rotatable bonds is 7. The molecule has 0 atom stereocenters. The fourth-order valence-corrected chi connectivity index (χ4v) is 2.77. The third-order valence-electron chi connectivity index (χ3n) is 3.90. The van der Waals surface area contributed by atoms with Crippen LogP contribution >= 0.6 is 11.6 Å². The Morgan fingerprint density at radius 1 is 1.12 bits per heavy atom. The minimum atomic E-state index is 0.751.